The number of hydrogen-bond donors (Lipinski definition) is 1. The third kappa shape index (κ3) is 4.57. The van der Waals surface area contributed by atoms with E-state index in [0.717, 1.165) is 36.7 Å². The molecule has 2 bridgehead atoms. The van der Waals surface area contributed by atoms with Crippen molar-refractivity contribution < 1.29 is 31.8 Å². The lowest BCUT2D eigenvalue weighted by Gasteiger charge is -2.43. The van der Waals surface area contributed by atoms with Gasteiger partial charge in [-0.15, -0.1) is 11.8 Å². The average molecular weight is 641 g/mol. The van der Waals surface area contributed by atoms with Crippen molar-refractivity contribution in [2.45, 2.75) is 48.8 Å². The molecule has 1 N–H and O–H groups in total. The van der Waals surface area contributed by atoms with Gasteiger partial charge in [0.25, 0.3) is 0 Å². The Hall–Kier alpha value is -2.71. The number of fused-ring (bicyclic) bond motifs is 2. The van der Waals surface area contributed by atoms with Gasteiger partial charge in [0.1, 0.15) is 23.7 Å². The van der Waals surface area contributed by atoms with Crippen molar-refractivity contribution in [3.63, 3.8) is 0 Å². The monoisotopic (exact) mass is 640 g/mol. The Kier molecular flexibility index (Phi) is 6.86. The highest BCUT2D eigenvalue weighted by molar-refractivity contribution is 7.99. The van der Waals surface area contributed by atoms with E-state index in [4.69, 9.17) is 16.3 Å². The van der Waals surface area contributed by atoms with Crippen LogP contribution in [0.4, 0.5) is 27.8 Å². The molecule has 3 fully saturated rings. The normalized spacial score (nSPS) is 23.8. The number of aliphatic hydroxyl groups excluding tert-OH is 1. The first kappa shape index (κ1) is 29.0. The third-order valence-electron chi connectivity index (χ3n) is 8.97. The van der Waals surface area contributed by atoms with E-state index in [1.165, 1.54) is 10.6 Å². The van der Waals surface area contributed by atoms with E-state index < -0.39 is 56.9 Å². The molecule has 43 heavy (non-hydrogen) atoms. The number of hydrogen-bond acceptors (Lipinski definition) is 7. The van der Waals surface area contributed by atoms with Crippen molar-refractivity contribution in [3.05, 3.63) is 63.6 Å². The quantitative estimate of drug-likeness (QED) is 0.236. The maximum atomic E-state index is 15.3. The number of nitrogens with zero attached hydrogens (tertiary/aromatic N) is 4. The molecule has 0 saturated carbocycles. The van der Waals surface area contributed by atoms with Gasteiger partial charge in [-0.25, -0.2) is 13.6 Å². The average Bonchev–Trinajstić information content (AvgIpc) is 3.09. The standard InChI is InChI=1S/C29H26ClF5N4O3S/c1-2-22(40)39-14-3-4-15(39)9-37(8-14)26-17-5-18(29(33,34)35)23(16-6-19(30)21(32)7-20(16)31)25-24(17)38(27(41)36-26)10-28(13-43-25)11-42-12-28/h2,5-7,14-15,22,40H,1,3-4,8-13H2. The summed E-state index contributed by atoms with van der Waals surface area (Å²) in [6.45, 7) is 5.11. The molecular formula is C29H26ClF5N4O3S. The Morgan fingerprint density at radius 3 is 2.47 bits per heavy atom. The minimum Gasteiger partial charge on any atom is -0.380 e. The second kappa shape index (κ2) is 10.2. The van der Waals surface area contributed by atoms with Crippen molar-refractivity contribution in [2.75, 3.05) is 37.0 Å². The van der Waals surface area contributed by atoms with Gasteiger partial charge in [0.2, 0.25) is 0 Å². The molecule has 7 rings (SSSR count). The van der Waals surface area contributed by atoms with Gasteiger partial charge in [-0.3, -0.25) is 9.47 Å². The molecule has 4 aliphatic heterocycles. The molecule has 0 aliphatic carbocycles. The Morgan fingerprint density at radius 1 is 1.16 bits per heavy atom. The molecule has 3 aromatic rings. The van der Waals surface area contributed by atoms with Crippen LogP contribution in [0.1, 0.15) is 18.4 Å². The number of piperazine rings is 1. The van der Waals surface area contributed by atoms with E-state index >= 15 is 4.39 Å². The second-order valence-corrected chi connectivity index (χ2v) is 13.1. The van der Waals surface area contributed by atoms with Crippen LogP contribution in [0.5, 0.6) is 0 Å². The molecule has 14 heteroatoms. The number of alkyl halides is 3. The molecule has 7 nitrogen and oxygen atoms in total. The van der Waals surface area contributed by atoms with Crippen molar-refractivity contribution in [3.8, 4) is 11.1 Å². The fourth-order valence-electron chi connectivity index (χ4n) is 6.96. The highest BCUT2D eigenvalue weighted by Crippen LogP contribution is 2.52. The van der Waals surface area contributed by atoms with Crippen LogP contribution in [0.25, 0.3) is 22.0 Å². The Labute approximate surface area is 251 Å². The SMILES string of the molecule is C=CC(O)N1C2CCC1CN(c1nc(=O)n3c4c(c(-c5cc(Cl)c(F)cc5F)c(C(F)(F)F)cc14)SCC1(COC1)C3)C2. The summed E-state index contributed by atoms with van der Waals surface area (Å²) >= 11 is 7.05. The topological polar surface area (TPSA) is 70.8 Å². The minimum atomic E-state index is -4.94. The summed E-state index contributed by atoms with van der Waals surface area (Å²) < 4.78 is 80.9. The summed E-state index contributed by atoms with van der Waals surface area (Å²) in [6, 6.07) is 2.01. The highest BCUT2D eigenvalue weighted by atomic mass is 35.5. The third-order valence-corrected chi connectivity index (χ3v) is 10.7. The fraction of sp³-hybridized carbons (Fsp3) is 0.448. The molecular weight excluding hydrogens is 615 g/mol. The van der Waals surface area contributed by atoms with Crippen molar-refractivity contribution in [1.82, 2.24) is 14.5 Å². The summed E-state index contributed by atoms with van der Waals surface area (Å²) in [5, 5.41) is 10.1. The minimum absolute atomic E-state index is 0.0552. The van der Waals surface area contributed by atoms with Gasteiger partial charge in [0.15, 0.2) is 0 Å². The predicted octanol–water partition coefficient (Wildman–Crippen LogP) is 5.29. The summed E-state index contributed by atoms with van der Waals surface area (Å²) in [5.74, 6) is -1.88. The molecule has 0 radical (unpaired) electrons. The zero-order chi connectivity index (χ0) is 30.4. The fourth-order valence-corrected chi connectivity index (χ4v) is 8.55. The first-order chi connectivity index (χ1) is 20.4. The van der Waals surface area contributed by atoms with E-state index in [2.05, 4.69) is 11.6 Å². The first-order valence-corrected chi connectivity index (χ1v) is 15.1. The molecule has 4 aliphatic rings. The lowest BCUT2D eigenvalue weighted by atomic mass is 9.88. The van der Waals surface area contributed by atoms with Crippen molar-refractivity contribution in [2.24, 2.45) is 5.41 Å². The molecule has 2 aromatic carbocycles. The van der Waals surface area contributed by atoms with Crippen LogP contribution >= 0.6 is 23.4 Å². The zero-order valence-electron chi connectivity index (χ0n) is 22.6. The molecule has 3 unspecified atom stereocenters. The summed E-state index contributed by atoms with van der Waals surface area (Å²) in [4.78, 5) is 21.9. The van der Waals surface area contributed by atoms with E-state index in [1.807, 2.05) is 9.80 Å². The summed E-state index contributed by atoms with van der Waals surface area (Å²) in [5.41, 5.74) is -3.09. The molecule has 5 heterocycles. The van der Waals surface area contributed by atoms with Gasteiger partial charge in [-0.2, -0.15) is 18.2 Å². The lowest BCUT2D eigenvalue weighted by molar-refractivity contribution is -0.137. The Balaban J connectivity index is 1.51. The smallest absolute Gasteiger partial charge is 0.380 e. The van der Waals surface area contributed by atoms with E-state index in [-0.39, 0.29) is 40.2 Å². The zero-order valence-corrected chi connectivity index (χ0v) is 24.2. The van der Waals surface area contributed by atoms with Gasteiger partial charge < -0.3 is 14.7 Å². The lowest BCUT2D eigenvalue weighted by Crippen LogP contribution is -2.57. The number of aliphatic hydroxyl groups is 1. The molecule has 0 amide bonds. The van der Waals surface area contributed by atoms with E-state index in [9.17, 15) is 27.5 Å². The van der Waals surface area contributed by atoms with Gasteiger partial charge in [0, 0.05) is 70.4 Å². The number of thioether (sulfide) groups is 1. The number of aromatic nitrogens is 2. The highest BCUT2D eigenvalue weighted by Gasteiger charge is 2.46. The van der Waals surface area contributed by atoms with Crippen LogP contribution < -0.4 is 10.6 Å². The van der Waals surface area contributed by atoms with Gasteiger partial charge in [-0.1, -0.05) is 18.2 Å². The maximum Gasteiger partial charge on any atom is 0.417 e. The number of rotatable bonds is 4. The van der Waals surface area contributed by atoms with Gasteiger partial charge >= 0.3 is 11.9 Å². The second-order valence-electron chi connectivity index (χ2n) is 11.7. The predicted molar refractivity (Wildman–Crippen MR) is 152 cm³/mol. The number of ether oxygens (including phenoxy) is 1. The number of benzene rings is 2. The van der Waals surface area contributed by atoms with E-state index in [0.29, 0.717) is 38.1 Å². The van der Waals surface area contributed by atoms with Crippen molar-refractivity contribution >= 4 is 40.1 Å². The van der Waals surface area contributed by atoms with Crippen LogP contribution in [0, 0.1) is 17.0 Å². The summed E-state index contributed by atoms with van der Waals surface area (Å²) in [6.07, 6.45) is -2.86. The number of halogens is 6. The Morgan fingerprint density at radius 2 is 1.86 bits per heavy atom. The van der Waals surface area contributed by atoms with Crippen LogP contribution in [0.2, 0.25) is 5.02 Å². The maximum absolute atomic E-state index is 15.3. The van der Waals surface area contributed by atoms with Crippen molar-refractivity contribution in [1.29, 1.82) is 0 Å². The van der Waals surface area contributed by atoms with Crippen LogP contribution in [-0.2, 0) is 17.5 Å². The van der Waals surface area contributed by atoms with Gasteiger partial charge in [0.05, 0.1) is 29.3 Å². The molecule has 1 aromatic heterocycles. The Bertz CT molecular complexity index is 1720. The van der Waals surface area contributed by atoms with Crippen LogP contribution in [0.3, 0.4) is 0 Å². The number of anilines is 1. The first-order valence-electron chi connectivity index (χ1n) is 13.8. The van der Waals surface area contributed by atoms with Crippen LogP contribution in [-0.4, -0.2) is 69.9 Å². The molecule has 228 valence electrons. The summed E-state index contributed by atoms with van der Waals surface area (Å²) in [7, 11) is 0. The molecule has 1 spiro atoms. The molecule has 3 saturated heterocycles. The van der Waals surface area contributed by atoms with E-state index in [1.54, 1.807) is 0 Å². The largest absolute Gasteiger partial charge is 0.417 e. The van der Waals surface area contributed by atoms with Gasteiger partial charge in [-0.05, 0) is 31.1 Å². The van der Waals surface area contributed by atoms with Crippen LogP contribution in [0.15, 0.2) is 40.5 Å². The molecule has 3 atom stereocenters.